The number of nitroso groups, excluding NO2 is 1. The summed E-state index contributed by atoms with van der Waals surface area (Å²) in [4.78, 5) is 12.4. The maximum atomic E-state index is 10.1. The van der Waals surface area contributed by atoms with E-state index in [-0.39, 0.29) is 0 Å². The van der Waals surface area contributed by atoms with Crippen molar-refractivity contribution in [2.45, 2.75) is 13.3 Å². The molecule has 0 spiro atoms. The molecule has 1 fully saturated rings. The summed E-state index contributed by atoms with van der Waals surface area (Å²) in [5.74, 6) is 0. The fourth-order valence-electron chi connectivity index (χ4n) is 1.36. The average molecular weight is 157 g/mol. The molecule has 0 amide bonds. The lowest BCUT2D eigenvalue weighted by molar-refractivity contribution is 0.134. The molecule has 4 nitrogen and oxygen atoms in total. The second kappa shape index (κ2) is 4.28. The van der Waals surface area contributed by atoms with Crippen LogP contribution in [0.4, 0.5) is 0 Å². The smallest absolute Gasteiger partial charge is 0.0524 e. The summed E-state index contributed by atoms with van der Waals surface area (Å²) in [5.41, 5.74) is 0. The molecular formula is C7H15N3O. The van der Waals surface area contributed by atoms with Gasteiger partial charge in [0.1, 0.15) is 0 Å². The maximum absolute atomic E-state index is 10.1. The van der Waals surface area contributed by atoms with Crippen molar-refractivity contribution in [3.8, 4) is 0 Å². The molecule has 1 aliphatic heterocycles. The SMILES string of the molecule is CCCN1CCN(N=O)CC1. The normalized spacial score (nSPS) is 20.3. The van der Waals surface area contributed by atoms with Gasteiger partial charge in [-0.2, -0.15) is 0 Å². The molecule has 11 heavy (non-hydrogen) atoms. The van der Waals surface area contributed by atoms with Gasteiger partial charge in [-0.1, -0.05) is 6.92 Å². The second-order valence-corrected chi connectivity index (χ2v) is 2.88. The van der Waals surface area contributed by atoms with Crippen LogP contribution in [0, 0.1) is 4.91 Å². The van der Waals surface area contributed by atoms with Crippen molar-refractivity contribution in [2.75, 3.05) is 32.7 Å². The van der Waals surface area contributed by atoms with Gasteiger partial charge in [0.2, 0.25) is 0 Å². The summed E-state index contributed by atoms with van der Waals surface area (Å²) >= 11 is 0. The largest absolute Gasteiger partial charge is 0.300 e. The van der Waals surface area contributed by atoms with Crippen LogP contribution in [0.2, 0.25) is 0 Å². The van der Waals surface area contributed by atoms with Crippen LogP contribution in [0.5, 0.6) is 0 Å². The van der Waals surface area contributed by atoms with Gasteiger partial charge in [0.05, 0.1) is 18.4 Å². The van der Waals surface area contributed by atoms with E-state index in [1.165, 1.54) is 6.42 Å². The maximum Gasteiger partial charge on any atom is 0.0524 e. The van der Waals surface area contributed by atoms with E-state index in [0.717, 1.165) is 32.7 Å². The fraction of sp³-hybridized carbons (Fsp3) is 1.00. The Labute approximate surface area is 67.1 Å². The predicted molar refractivity (Wildman–Crippen MR) is 44.1 cm³/mol. The zero-order valence-corrected chi connectivity index (χ0v) is 6.99. The van der Waals surface area contributed by atoms with Crippen molar-refractivity contribution < 1.29 is 0 Å². The monoisotopic (exact) mass is 157 g/mol. The third-order valence-corrected chi connectivity index (χ3v) is 2.00. The molecule has 0 aromatic heterocycles. The molecule has 0 aliphatic carbocycles. The number of rotatable bonds is 3. The lowest BCUT2D eigenvalue weighted by Crippen LogP contribution is -2.43. The number of hydrogen-bond acceptors (Lipinski definition) is 3. The van der Waals surface area contributed by atoms with Gasteiger partial charge in [-0.25, -0.2) is 0 Å². The Morgan fingerprint density at radius 3 is 2.36 bits per heavy atom. The first-order valence-corrected chi connectivity index (χ1v) is 4.17. The lowest BCUT2D eigenvalue weighted by atomic mass is 10.3. The van der Waals surface area contributed by atoms with Gasteiger partial charge in [-0.05, 0) is 13.0 Å². The molecule has 1 aliphatic rings. The Morgan fingerprint density at radius 2 is 1.91 bits per heavy atom. The van der Waals surface area contributed by atoms with E-state index in [1.54, 1.807) is 5.01 Å². The van der Waals surface area contributed by atoms with E-state index in [1.807, 2.05) is 0 Å². The van der Waals surface area contributed by atoms with Gasteiger partial charge in [0, 0.05) is 13.1 Å². The molecule has 0 atom stereocenters. The first-order valence-electron chi connectivity index (χ1n) is 4.17. The topological polar surface area (TPSA) is 35.9 Å². The van der Waals surface area contributed by atoms with Crippen LogP contribution in [0.25, 0.3) is 0 Å². The van der Waals surface area contributed by atoms with Crippen LogP contribution in [-0.4, -0.2) is 42.6 Å². The summed E-state index contributed by atoms with van der Waals surface area (Å²) in [6.45, 7) is 6.88. The Hall–Kier alpha value is -0.640. The summed E-state index contributed by atoms with van der Waals surface area (Å²) in [6.07, 6.45) is 1.19. The first kappa shape index (κ1) is 8.46. The Kier molecular flexibility index (Phi) is 3.29. The molecule has 0 aromatic rings. The van der Waals surface area contributed by atoms with Gasteiger partial charge < -0.3 is 0 Å². The molecule has 1 heterocycles. The van der Waals surface area contributed by atoms with Crippen molar-refractivity contribution in [3.05, 3.63) is 4.91 Å². The fourth-order valence-corrected chi connectivity index (χ4v) is 1.36. The van der Waals surface area contributed by atoms with E-state index in [0.29, 0.717) is 0 Å². The summed E-state index contributed by atoms with van der Waals surface area (Å²) in [7, 11) is 0. The molecule has 64 valence electrons. The molecule has 1 rings (SSSR count). The van der Waals surface area contributed by atoms with Crippen LogP contribution >= 0.6 is 0 Å². The standard InChI is InChI=1S/C7H15N3O/c1-2-3-9-4-6-10(8-11)7-5-9/h2-7H2,1H3. The molecule has 0 radical (unpaired) electrons. The lowest BCUT2D eigenvalue weighted by Gasteiger charge is -2.30. The van der Waals surface area contributed by atoms with Gasteiger partial charge >= 0.3 is 0 Å². The van der Waals surface area contributed by atoms with E-state index < -0.39 is 0 Å². The van der Waals surface area contributed by atoms with Crippen LogP contribution in [-0.2, 0) is 0 Å². The summed E-state index contributed by atoms with van der Waals surface area (Å²) in [5, 5.41) is 4.49. The molecule has 0 unspecified atom stereocenters. The van der Waals surface area contributed by atoms with Crippen molar-refractivity contribution >= 4 is 0 Å². The third kappa shape index (κ3) is 2.46. The Morgan fingerprint density at radius 1 is 1.27 bits per heavy atom. The molecule has 0 saturated carbocycles. The van der Waals surface area contributed by atoms with Gasteiger partial charge in [-0.15, -0.1) is 4.91 Å². The third-order valence-electron chi connectivity index (χ3n) is 2.00. The van der Waals surface area contributed by atoms with Crippen LogP contribution in [0.1, 0.15) is 13.3 Å². The molecular weight excluding hydrogens is 142 g/mol. The highest BCUT2D eigenvalue weighted by Gasteiger charge is 2.14. The van der Waals surface area contributed by atoms with Crippen LogP contribution in [0.3, 0.4) is 0 Å². The van der Waals surface area contributed by atoms with Crippen molar-refractivity contribution in [1.29, 1.82) is 0 Å². The summed E-state index contributed by atoms with van der Waals surface area (Å²) < 4.78 is 0. The number of hydrogen-bond donors (Lipinski definition) is 0. The summed E-state index contributed by atoms with van der Waals surface area (Å²) in [6, 6.07) is 0. The van der Waals surface area contributed by atoms with Crippen LogP contribution in [0.15, 0.2) is 5.29 Å². The first-order chi connectivity index (χ1) is 5.36. The Bertz CT molecular complexity index is 121. The molecule has 0 bridgehead atoms. The minimum absolute atomic E-state index is 0.795. The molecule has 0 aromatic carbocycles. The predicted octanol–water partition coefficient (Wildman–Crippen LogP) is 0.695. The highest BCUT2D eigenvalue weighted by molar-refractivity contribution is 4.68. The van der Waals surface area contributed by atoms with Crippen molar-refractivity contribution in [2.24, 2.45) is 5.29 Å². The van der Waals surface area contributed by atoms with Gasteiger partial charge in [0.25, 0.3) is 0 Å². The highest BCUT2D eigenvalue weighted by Crippen LogP contribution is 2.01. The van der Waals surface area contributed by atoms with E-state index in [9.17, 15) is 4.91 Å². The minimum atomic E-state index is 0.795. The highest BCUT2D eigenvalue weighted by atomic mass is 16.3. The number of nitrogens with zero attached hydrogens (tertiary/aromatic N) is 3. The molecule has 0 N–H and O–H groups in total. The van der Waals surface area contributed by atoms with E-state index in [2.05, 4.69) is 17.1 Å². The zero-order chi connectivity index (χ0) is 8.10. The molecule has 4 heteroatoms. The van der Waals surface area contributed by atoms with Crippen molar-refractivity contribution in [3.63, 3.8) is 0 Å². The number of piperazine rings is 1. The zero-order valence-electron chi connectivity index (χ0n) is 6.99. The second-order valence-electron chi connectivity index (χ2n) is 2.88. The van der Waals surface area contributed by atoms with E-state index >= 15 is 0 Å². The van der Waals surface area contributed by atoms with Gasteiger partial charge in [0.15, 0.2) is 0 Å². The van der Waals surface area contributed by atoms with Gasteiger partial charge in [-0.3, -0.25) is 9.91 Å². The minimum Gasteiger partial charge on any atom is -0.300 e. The van der Waals surface area contributed by atoms with E-state index in [4.69, 9.17) is 0 Å². The average Bonchev–Trinajstić information content (AvgIpc) is 2.07. The van der Waals surface area contributed by atoms with Crippen LogP contribution < -0.4 is 0 Å². The van der Waals surface area contributed by atoms with Crippen molar-refractivity contribution in [1.82, 2.24) is 9.91 Å². The molecule has 1 saturated heterocycles. The quantitative estimate of drug-likeness (QED) is 0.566. The Balaban J connectivity index is 2.18.